The van der Waals surface area contributed by atoms with Crippen molar-refractivity contribution in [1.82, 2.24) is 4.90 Å². The fraction of sp³-hybridized carbons (Fsp3) is 0.692. The van der Waals surface area contributed by atoms with Gasteiger partial charge in [-0.25, -0.2) is 0 Å². The minimum Gasteiger partial charge on any atom is -0.426 e. The summed E-state index contributed by atoms with van der Waals surface area (Å²) in [5, 5.41) is 0. The van der Waals surface area contributed by atoms with Crippen LogP contribution in [0.3, 0.4) is 0 Å². The Morgan fingerprint density at radius 1 is 1.13 bits per heavy atom. The number of benzene rings is 1. The highest BCUT2D eigenvalue weighted by molar-refractivity contribution is 5.87. The molecule has 1 aliphatic heterocycles. The van der Waals surface area contributed by atoms with Crippen molar-refractivity contribution in [2.24, 2.45) is 17.3 Å². The van der Waals surface area contributed by atoms with E-state index in [1.165, 1.54) is 30.4 Å². The quantitative estimate of drug-likeness (QED) is 0.524. The molecule has 4 atom stereocenters. The van der Waals surface area contributed by atoms with Gasteiger partial charge in [0.2, 0.25) is 0 Å². The second-order valence-electron chi connectivity index (χ2n) is 10.3. The van der Waals surface area contributed by atoms with Gasteiger partial charge in [-0.3, -0.25) is 9.59 Å². The molecule has 1 heterocycles. The summed E-state index contributed by atoms with van der Waals surface area (Å²) in [6.07, 6.45) is 10.5. The van der Waals surface area contributed by atoms with Crippen LogP contribution in [0.1, 0.15) is 81.8 Å². The SMILES string of the molecule is C[C@]12CC[C@@H]3c4ccc(OC(=O)CCN5CCCCC5)cc4CC[C@H]3[C@@H]1CCC2=O. The van der Waals surface area contributed by atoms with Crippen LogP contribution in [0.4, 0.5) is 0 Å². The van der Waals surface area contributed by atoms with Crippen molar-refractivity contribution < 1.29 is 14.3 Å². The Bertz CT molecular complexity index is 828. The molecule has 4 heteroatoms. The average molecular weight is 410 g/mol. The van der Waals surface area contributed by atoms with E-state index in [0.29, 0.717) is 35.7 Å². The van der Waals surface area contributed by atoms with E-state index in [9.17, 15) is 9.59 Å². The van der Waals surface area contributed by atoms with Gasteiger partial charge in [0.15, 0.2) is 0 Å². The molecule has 0 spiro atoms. The number of carbonyl (C=O) groups is 2. The Morgan fingerprint density at radius 2 is 1.97 bits per heavy atom. The standard InChI is InChI=1S/C26H35NO3/c1-26-13-11-21-20-8-6-19(30-25(29)12-16-27-14-3-2-4-15-27)17-18(20)5-7-22(21)23(26)9-10-24(26)28/h6,8,17,21-23H,2-5,7,9-16H2,1H3/t21-,22-,23+,26+/m1/s1. The summed E-state index contributed by atoms with van der Waals surface area (Å²) in [6, 6.07) is 6.31. The second kappa shape index (κ2) is 8.11. The van der Waals surface area contributed by atoms with E-state index in [2.05, 4.69) is 24.0 Å². The van der Waals surface area contributed by atoms with Crippen molar-refractivity contribution >= 4 is 11.8 Å². The minimum atomic E-state index is -0.118. The molecule has 1 saturated heterocycles. The maximum atomic E-state index is 12.5. The third-order valence-corrected chi connectivity index (χ3v) is 8.72. The van der Waals surface area contributed by atoms with E-state index in [-0.39, 0.29) is 11.4 Å². The zero-order chi connectivity index (χ0) is 20.7. The van der Waals surface area contributed by atoms with Crippen LogP contribution in [-0.2, 0) is 16.0 Å². The van der Waals surface area contributed by atoms with Crippen molar-refractivity contribution in [2.75, 3.05) is 19.6 Å². The van der Waals surface area contributed by atoms with Crippen LogP contribution in [0.5, 0.6) is 5.75 Å². The summed E-state index contributed by atoms with van der Waals surface area (Å²) >= 11 is 0. The molecule has 0 aromatic heterocycles. The average Bonchev–Trinajstić information content (AvgIpc) is 3.07. The van der Waals surface area contributed by atoms with Crippen molar-refractivity contribution in [3.8, 4) is 5.75 Å². The largest absolute Gasteiger partial charge is 0.426 e. The van der Waals surface area contributed by atoms with E-state index >= 15 is 0 Å². The number of hydrogen-bond donors (Lipinski definition) is 0. The van der Waals surface area contributed by atoms with E-state index in [0.717, 1.165) is 58.2 Å². The molecule has 0 bridgehead atoms. The summed E-state index contributed by atoms with van der Waals surface area (Å²) in [4.78, 5) is 27.2. The van der Waals surface area contributed by atoms with Gasteiger partial charge in [-0.15, -0.1) is 0 Å². The van der Waals surface area contributed by atoms with Gasteiger partial charge in [0.05, 0.1) is 6.42 Å². The third kappa shape index (κ3) is 3.62. The van der Waals surface area contributed by atoms with Gasteiger partial charge in [0, 0.05) is 18.4 Å². The molecule has 1 aromatic rings. The molecule has 0 N–H and O–H groups in total. The normalized spacial score (nSPS) is 33.5. The number of esters is 1. The number of piperidine rings is 1. The number of aryl methyl sites for hydroxylation is 1. The van der Waals surface area contributed by atoms with Crippen LogP contribution in [0.15, 0.2) is 18.2 Å². The van der Waals surface area contributed by atoms with Gasteiger partial charge >= 0.3 is 5.97 Å². The topological polar surface area (TPSA) is 46.6 Å². The first kappa shape index (κ1) is 20.2. The van der Waals surface area contributed by atoms with Crippen LogP contribution in [-0.4, -0.2) is 36.3 Å². The smallest absolute Gasteiger partial charge is 0.312 e. The molecular formula is C26H35NO3. The molecule has 4 aliphatic rings. The molecule has 5 rings (SSSR count). The van der Waals surface area contributed by atoms with Gasteiger partial charge in [0.1, 0.15) is 11.5 Å². The monoisotopic (exact) mass is 409 g/mol. The van der Waals surface area contributed by atoms with Crippen LogP contribution < -0.4 is 4.74 Å². The Kier molecular flexibility index (Phi) is 5.47. The molecule has 162 valence electrons. The van der Waals surface area contributed by atoms with Crippen LogP contribution in [0, 0.1) is 17.3 Å². The molecule has 1 aromatic carbocycles. The first-order chi connectivity index (χ1) is 14.5. The Hall–Kier alpha value is -1.68. The number of ketones is 1. The predicted octanol–water partition coefficient (Wildman–Crippen LogP) is 4.89. The van der Waals surface area contributed by atoms with E-state index in [4.69, 9.17) is 4.74 Å². The highest BCUT2D eigenvalue weighted by Crippen LogP contribution is 2.59. The lowest BCUT2D eigenvalue weighted by atomic mass is 9.55. The minimum absolute atomic E-state index is 0.0670. The highest BCUT2D eigenvalue weighted by Gasteiger charge is 2.54. The van der Waals surface area contributed by atoms with Gasteiger partial charge < -0.3 is 9.64 Å². The Balaban J connectivity index is 1.23. The zero-order valence-electron chi connectivity index (χ0n) is 18.3. The number of hydrogen-bond acceptors (Lipinski definition) is 4. The van der Waals surface area contributed by atoms with E-state index in [1.54, 1.807) is 0 Å². The maximum Gasteiger partial charge on any atom is 0.312 e. The summed E-state index contributed by atoms with van der Waals surface area (Å²) in [7, 11) is 0. The second-order valence-corrected chi connectivity index (χ2v) is 10.3. The summed E-state index contributed by atoms with van der Waals surface area (Å²) < 4.78 is 5.70. The Labute approximate surface area is 180 Å². The van der Waals surface area contributed by atoms with Crippen molar-refractivity contribution in [2.45, 2.75) is 77.0 Å². The molecule has 0 amide bonds. The van der Waals surface area contributed by atoms with Crippen LogP contribution in [0.2, 0.25) is 0 Å². The maximum absolute atomic E-state index is 12.5. The molecular weight excluding hydrogens is 374 g/mol. The van der Waals surface area contributed by atoms with Gasteiger partial charge in [-0.1, -0.05) is 19.4 Å². The van der Waals surface area contributed by atoms with Crippen molar-refractivity contribution in [3.63, 3.8) is 0 Å². The van der Waals surface area contributed by atoms with Crippen LogP contribution >= 0.6 is 0 Å². The summed E-state index contributed by atoms with van der Waals surface area (Å²) in [5.74, 6) is 2.86. The van der Waals surface area contributed by atoms with Crippen LogP contribution in [0.25, 0.3) is 0 Å². The molecule has 3 fully saturated rings. The van der Waals surface area contributed by atoms with Gasteiger partial charge in [0.25, 0.3) is 0 Å². The lowest BCUT2D eigenvalue weighted by molar-refractivity contribution is -0.134. The molecule has 0 radical (unpaired) electrons. The highest BCUT2D eigenvalue weighted by atomic mass is 16.5. The van der Waals surface area contributed by atoms with Crippen molar-refractivity contribution in [3.05, 3.63) is 29.3 Å². The first-order valence-corrected chi connectivity index (χ1v) is 12.1. The fourth-order valence-corrected chi connectivity index (χ4v) is 7.01. The molecule has 3 aliphatic carbocycles. The molecule has 2 saturated carbocycles. The molecule has 0 unspecified atom stereocenters. The van der Waals surface area contributed by atoms with Gasteiger partial charge in [-0.2, -0.15) is 0 Å². The van der Waals surface area contributed by atoms with Crippen molar-refractivity contribution in [1.29, 1.82) is 0 Å². The number of fused-ring (bicyclic) bond motifs is 5. The molecule has 30 heavy (non-hydrogen) atoms. The lowest BCUT2D eigenvalue weighted by Crippen LogP contribution is -2.42. The predicted molar refractivity (Wildman–Crippen MR) is 117 cm³/mol. The fourth-order valence-electron chi connectivity index (χ4n) is 7.01. The summed E-state index contributed by atoms with van der Waals surface area (Å²) in [6.45, 7) is 5.26. The van der Waals surface area contributed by atoms with Gasteiger partial charge in [-0.05, 0) is 99.0 Å². The summed E-state index contributed by atoms with van der Waals surface area (Å²) in [5.41, 5.74) is 2.73. The van der Waals surface area contributed by atoms with E-state index in [1.807, 2.05) is 6.07 Å². The number of likely N-dealkylation sites (tertiary alicyclic amines) is 1. The lowest BCUT2D eigenvalue weighted by Gasteiger charge is -2.48. The number of nitrogens with zero attached hydrogens (tertiary/aromatic N) is 1. The third-order valence-electron chi connectivity index (χ3n) is 8.72. The number of carbonyl (C=O) groups excluding carboxylic acids is 2. The first-order valence-electron chi connectivity index (χ1n) is 12.1. The Morgan fingerprint density at radius 3 is 2.80 bits per heavy atom. The number of Topliss-reactive ketones (excluding diaryl/α,β-unsaturated/α-hetero) is 1. The molecule has 4 nitrogen and oxygen atoms in total. The number of ether oxygens (including phenoxy) is 1. The zero-order valence-corrected chi connectivity index (χ0v) is 18.3. The number of rotatable bonds is 4. The van der Waals surface area contributed by atoms with E-state index < -0.39 is 0 Å².